The Morgan fingerprint density at radius 2 is 1.70 bits per heavy atom. The molecular weight excluding hydrogens is 340 g/mol. The van der Waals surface area contributed by atoms with Crippen LogP contribution < -0.4 is 0 Å². The summed E-state index contributed by atoms with van der Waals surface area (Å²) >= 11 is 0. The van der Waals surface area contributed by atoms with Crippen molar-refractivity contribution in [2.75, 3.05) is 0 Å². The fourth-order valence-electron chi connectivity index (χ4n) is 6.50. The molecule has 0 aromatic heterocycles. The van der Waals surface area contributed by atoms with Gasteiger partial charge >= 0.3 is 0 Å². The minimum atomic E-state index is -0.688. The first-order valence-corrected chi connectivity index (χ1v) is 11.0. The lowest BCUT2D eigenvalue weighted by Crippen LogP contribution is -2.35. The molecule has 0 bridgehead atoms. The summed E-state index contributed by atoms with van der Waals surface area (Å²) in [6.07, 6.45) is 13.3. The van der Waals surface area contributed by atoms with Crippen molar-refractivity contribution in [2.45, 2.75) is 77.6 Å². The summed E-state index contributed by atoms with van der Waals surface area (Å²) < 4.78 is 28.5. The highest BCUT2D eigenvalue weighted by molar-refractivity contribution is 5.42. The maximum Gasteiger partial charge on any atom is 0.147 e. The number of nitriles is 1. The highest BCUT2D eigenvalue weighted by Crippen LogP contribution is 2.49. The molecule has 3 aliphatic rings. The van der Waals surface area contributed by atoms with E-state index in [2.05, 4.69) is 6.92 Å². The maximum absolute atomic E-state index is 14.4. The van der Waals surface area contributed by atoms with E-state index in [0.29, 0.717) is 23.8 Å². The van der Waals surface area contributed by atoms with Gasteiger partial charge in [-0.05, 0) is 98.1 Å². The zero-order valence-corrected chi connectivity index (χ0v) is 16.4. The Kier molecular flexibility index (Phi) is 5.53. The third-order valence-corrected chi connectivity index (χ3v) is 7.90. The van der Waals surface area contributed by atoms with Crippen molar-refractivity contribution in [1.82, 2.24) is 0 Å². The summed E-state index contributed by atoms with van der Waals surface area (Å²) in [5, 5.41) is 8.99. The minimum Gasteiger partial charge on any atom is -0.205 e. The lowest BCUT2D eigenvalue weighted by atomic mass is 9.61. The van der Waals surface area contributed by atoms with Crippen molar-refractivity contribution >= 4 is 0 Å². The van der Waals surface area contributed by atoms with Gasteiger partial charge in [-0.15, -0.1) is 0 Å². The number of hydrogen-bond acceptors (Lipinski definition) is 1. The monoisotopic (exact) mass is 371 g/mol. The molecule has 5 unspecified atom stereocenters. The SMILES string of the molecule is CCCC1CCC2CC(C3CCc4c(cc(F)c(C#N)c4F)C3)CCC2C1. The van der Waals surface area contributed by atoms with E-state index in [4.69, 9.17) is 5.26 Å². The second-order valence-corrected chi connectivity index (χ2v) is 9.36. The third-order valence-electron chi connectivity index (χ3n) is 7.90. The predicted molar refractivity (Wildman–Crippen MR) is 103 cm³/mol. The number of halogens is 2. The second-order valence-electron chi connectivity index (χ2n) is 9.36. The zero-order valence-electron chi connectivity index (χ0n) is 16.4. The van der Waals surface area contributed by atoms with Crippen LogP contribution in [0.15, 0.2) is 6.07 Å². The molecule has 1 aromatic carbocycles. The van der Waals surface area contributed by atoms with Gasteiger partial charge in [-0.3, -0.25) is 0 Å². The smallest absolute Gasteiger partial charge is 0.147 e. The van der Waals surface area contributed by atoms with Gasteiger partial charge in [0.1, 0.15) is 23.3 Å². The lowest BCUT2D eigenvalue weighted by Gasteiger charge is -2.45. The highest BCUT2D eigenvalue weighted by Gasteiger charge is 2.39. The maximum atomic E-state index is 14.4. The summed E-state index contributed by atoms with van der Waals surface area (Å²) in [4.78, 5) is 0. The van der Waals surface area contributed by atoms with Gasteiger partial charge in [0, 0.05) is 0 Å². The van der Waals surface area contributed by atoms with Crippen LogP contribution in [0, 0.1) is 52.6 Å². The molecule has 5 atom stereocenters. The average Bonchev–Trinajstić information content (AvgIpc) is 2.67. The Morgan fingerprint density at radius 3 is 2.44 bits per heavy atom. The van der Waals surface area contributed by atoms with Crippen molar-refractivity contribution in [3.05, 3.63) is 34.4 Å². The average molecular weight is 372 g/mol. The van der Waals surface area contributed by atoms with Crippen molar-refractivity contribution in [2.24, 2.45) is 29.6 Å². The van der Waals surface area contributed by atoms with Crippen LogP contribution in [0.25, 0.3) is 0 Å². The van der Waals surface area contributed by atoms with Gasteiger partial charge in [-0.1, -0.05) is 26.2 Å². The first kappa shape index (κ1) is 18.9. The molecule has 1 aromatic rings. The van der Waals surface area contributed by atoms with Crippen LogP contribution in [0.3, 0.4) is 0 Å². The van der Waals surface area contributed by atoms with Crippen molar-refractivity contribution in [3.63, 3.8) is 0 Å². The van der Waals surface area contributed by atoms with Gasteiger partial charge in [0.2, 0.25) is 0 Å². The van der Waals surface area contributed by atoms with Crippen LogP contribution >= 0.6 is 0 Å². The fraction of sp³-hybridized carbons (Fsp3) is 0.708. The van der Waals surface area contributed by atoms with Gasteiger partial charge in [-0.25, -0.2) is 8.78 Å². The van der Waals surface area contributed by atoms with Crippen LogP contribution in [-0.2, 0) is 12.8 Å². The predicted octanol–water partition coefficient (Wildman–Crippen LogP) is 6.57. The van der Waals surface area contributed by atoms with E-state index in [-0.39, 0.29) is 0 Å². The van der Waals surface area contributed by atoms with E-state index >= 15 is 0 Å². The van der Waals surface area contributed by atoms with Crippen LogP contribution in [0.2, 0.25) is 0 Å². The molecule has 27 heavy (non-hydrogen) atoms. The van der Waals surface area contributed by atoms with Crippen LogP contribution in [0.1, 0.15) is 81.4 Å². The highest BCUT2D eigenvalue weighted by atomic mass is 19.1. The molecule has 0 N–H and O–H groups in total. The summed E-state index contributed by atoms with van der Waals surface area (Å²) in [7, 11) is 0. The van der Waals surface area contributed by atoms with Gasteiger partial charge in [0.25, 0.3) is 0 Å². The molecule has 3 heteroatoms. The Labute approximate surface area is 162 Å². The second kappa shape index (κ2) is 7.90. The van der Waals surface area contributed by atoms with Crippen LogP contribution in [-0.4, -0.2) is 0 Å². The molecule has 0 saturated heterocycles. The van der Waals surface area contributed by atoms with Crippen molar-refractivity contribution in [3.8, 4) is 6.07 Å². The van der Waals surface area contributed by atoms with Gasteiger partial charge in [-0.2, -0.15) is 5.26 Å². The minimum absolute atomic E-state index is 0.406. The number of hydrogen-bond donors (Lipinski definition) is 0. The summed E-state index contributed by atoms with van der Waals surface area (Å²) in [6.45, 7) is 2.30. The molecule has 4 rings (SSSR count). The molecule has 0 amide bonds. The largest absolute Gasteiger partial charge is 0.205 e. The Morgan fingerprint density at radius 1 is 1.00 bits per heavy atom. The molecule has 0 aliphatic heterocycles. The van der Waals surface area contributed by atoms with Gasteiger partial charge in [0.15, 0.2) is 0 Å². The fourth-order valence-corrected chi connectivity index (χ4v) is 6.50. The molecule has 0 spiro atoms. The summed E-state index contributed by atoms with van der Waals surface area (Å²) in [6, 6.07) is 3.12. The molecular formula is C24H31F2N. The standard InChI is InChI=1S/C24H31F2N/c1-2-3-15-4-5-17-11-18(7-6-16(17)10-15)19-8-9-21-20(12-19)13-23(25)22(14-27)24(21)26/h13,15-19H,2-12H2,1H3. The number of nitrogens with zero attached hydrogens (tertiary/aromatic N) is 1. The van der Waals surface area contributed by atoms with Gasteiger partial charge in [0.05, 0.1) is 0 Å². The number of rotatable bonds is 3. The summed E-state index contributed by atoms with van der Waals surface area (Å²) in [5.41, 5.74) is 1.00. The topological polar surface area (TPSA) is 23.8 Å². The molecule has 1 nitrogen and oxygen atoms in total. The molecule has 2 fully saturated rings. The normalized spacial score (nSPS) is 33.0. The third kappa shape index (κ3) is 3.65. The van der Waals surface area contributed by atoms with E-state index in [9.17, 15) is 8.78 Å². The lowest BCUT2D eigenvalue weighted by molar-refractivity contribution is 0.0693. The molecule has 0 heterocycles. The van der Waals surface area contributed by atoms with Crippen LogP contribution in [0.5, 0.6) is 0 Å². The van der Waals surface area contributed by atoms with E-state index in [1.54, 1.807) is 6.07 Å². The van der Waals surface area contributed by atoms with Crippen molar-refractivity contribution in [1.29, 1.82) is 5.26 Å². The van der Waals surface area contributed by atoms with Crippen molar-refractivity contribution < 1.29 is 8.78 Å². The Hall–Kier alpha value is -1.43. The summed E-state index contributed by atoms with van der Waals surface area (Å²) in [5.74, 6) is 2.73. The van der Waals surface area contributed by atoms with Crippen LogP contribution in [0.4, 0.5) is 8.78 Å². The Bertz CT molecular complexity index is 735. The zero-order chi connectivity index (χ0) is 19.0. The Balaban J connectivity index is 1.43. The van der Waals surface area contributed by atoms with E-state index < -0.39 is 17.2 Å². The first-order chi connectivity index (χ1) is 13.1. The molecule has 3 aliphatic carbocycles. The molecule has 0 radical (unpaired) electrons. The molecule has 146 valence electrons. The number of benzene rings is 1. The van der Waals surface area contributed by atoms with Gasteiger partial charge < -0.3 is 0 Å². The first-order valence-electron chi connectivity index (χ1n) is 11.0. The van der Waals surface area contributed by atoms with E-state index in [0.717, 1.165) is 36.2 Å². The van der Waals surface area contributed by atoms with E-state index in [1.807, 2.05) is 0 Å². The van der Waals surface area contributed by atoms with E-state index in [1.165, 1.54) is 57.4 Å². The quantitative estimate of drug-likeness (QED) is 0.589. The molecule has 2 saturated carbocycles. The number of fused-ring (bicyclic) bond motifs is 2.